The zero-order chi connectivity index (χ0) is 16.2. The van der Waals surface area contributed by atoms with Gasteiger partial charge in [-0.3, -0.25) is 4.79 Å². The molecule has 0 saturated carbocycles. The first-order valence-electron chi connectivity index (χ1n) is 7.13. The van der Waals surface area contributed by atoms with Gasteiger partial charge in [0.2, 0.25) is 0 Å². The molecule has 23 heavy (non-hydrogen) atoms. The van der Waals surface area contributed by atoms with Crippen LogP contribution in [0, 0.1) is 0 Å². The Hall–Kier alpha value is -3.01. The van der Waals surface area contributed by atoms with Crippen LogP contribution in [0.15, 0.2) is 65.3 Å². The van der Waals surface area contributed by atoms with Gasteiger partial charge < -0.3 is 13.9 Å². The maximum absolute atomic E-state index is 12.6. The Morgan fingerprint density at radius 2 is 1.57 bits per heavy atom. The number of carbonyl (C=O) groups is 1. The number of hydrogen-bond donors (Lipinski definition) is 0. The Kier molecular flexibility index (Phi) is 4.15. The molecule has 2 aromatic carbocycles. The van der Waals surface area contributed by atoms with E-state index in [4.69, 9.17) is 13.9 Å². The van der Waals surface area contributed by atoms with Crippen LogP contribution >= 0.6 is 0 Å². The van der Waals surface area contributed by atoms with Gasteiger partial charge >= 0.3 is 0 Å². The van der Waals surface area contributed by atoms with Crippen molar-refractivity contribution in [2.75, 3.05) is 14.2 Å². The van der Waals surface area contributed by atoms with E-state index in [1.807, 2.05) is 24.3 Å². The molecule has 0 N–H and O–H groups in total. The highest BCUT2D eigenvalue weighted by molar-refractivity contribution is 6.09. The molecule has 1 aromatic heterocycles. The number of methoxy groups -OCH3 is 2. The molecule has 0 bridgehead atoms. The Bertz CT molecular complexity index is 802. The molecule has 4 nitrogen and oxygen atoms in total. The topological polar surface area (TPSA) is 48.7 Å². The molecule has 4 heteroatoms. The second kappa shape index (κ2) is 6.40. The smallest absolute Gasteiger partial charge is 0.193 e. The van der Waals surface area contributed by atoms with E-state index in [2.05, 4.69) is 0 Å². The van der Waals surface area contributed by atoms with Crippen LogP contribution in [0.1, 0.15) is 15.9 Å². The predicted octanol–water partition coefficient (Wildman–Crippen LogP) is 4.19. The maximum atomic E-state index is 12.6. The number of benzene rings is 2. The van der Waals surface area contributed by atoms with Gasteiger partial charge in [0.1, 0.15) is 5.76 Å². The molecule has 3 aromatic rings. The normalized spacial score (nSPS) is 10.3. The van der Waals surface area contributed by atoms with Crippen molar-refractivity contribution in [1.29, 1.82) is 0 Å². The van der Waals surface area contributed by atoms with E-state index >= 15 is 0 Å². The second-order valence-corrected chi connectivity index (χ2v) is 4.95. The van der Waals surface area contributed by atoms with Crippen LogP contribution in [-0.4, -0.2) is 20.0 Å². The summed E-state index contributed by atoms with van der Waals surface area (Å²) in [5, 5.41) is 0. The van der Waals surface area contributed by atoms with E-state index in [9.17, 15) is 4.79 Å². The molecule has 3 rings (SSSR count). The first-order valence-corrected chi connectivity index (χ1v) is 7.13. The fourth-order valence-corrected chi connectivity index (χ4v) is 2.37. The number of hydrogen-bond acceptors (Lipinski definition) is 4. The Morgan fingerprint density at radius 3 is 2.17 bits per heavy atom. The molecule has 0 amide bonds. The van der Waals surface area contributed by atoms with Crippen LogP contribution in [-0.2, 0) is 0 Å². The third-order valence-electron chi connectivity index (χ3n) is 3.60. The molecular weight excluding hydrogens is 292 g/mol. The van der Waals surface area contributed by atoms with Crippen LogP contribution in [0.25, 0.3) is 11.3 Å². The molecule has 1 heterocycles. The summed E-state index contributed by atoms with van der Waals surface area (Å²) in [7, 11) is 3.11. The minimum atomic E-state index is -0.0723. The van der Waals surface area contributed by atoms with Crippen LogP contribution in [0.4, 0.5) is 0 Å². The molecule has 0 spiro atoms. The molecule has 0 aliphatic heterocycles. The minimum absolute atomic E-state index is 0.0723. The van der Waals surface area contributed by atoms with E-state index in [1.54, 1.807) is 50.8 Å². The molecule has 0 aliphatic carbocycles. The van der Waals surface area contributed by atoms with Gasteiger partial charge in [-0.25, -0.2) is 0 Å². The van der Waals surface area contributed by atoms with E-state index in [1.165, 1.54) is 0 Å². The summed E-state index contributed by atoms with van der Waals surface area (Å²) in [6.07, 6.45) is 1.62. The molecule has 0 fully saturated rings. The van der Waals surface area contributed by atoms with E-state index < -0.39 is 0 Å². The second-order valence-electron chi connectivity index (χ2n) is 4.95. The maximum Gasteiger partial charge on any atom is 0.193 e. The highest BCUT2D eigenvalue weighted by Crippen LogP contribution is 2.29. The van der Waals surface area contributed by atoms with E-state index in [0.29, 0.717) is 22.6 Å². The van der Waals surface area contributed by atoms with Gasteiger partial charge in [-0.15, -0.1) is 0 Å². The summed E-state index contributed by atoms with van der Waals surface area (Å²) in [5.41, 5.74) is 2.08. The van der Waals surface area contributed by atoms with Crippen LogP contribution in [0.2, 0.25) is 0 Å². The fraction of sp³-hybridized carbons (Fsp3) is 0.105. The first-order chi connectivity index (χ1) is 11.2. The van der Waals surface area contributed by atoms with Crippen molar-refractivity contribution >= 4 is 5.78 Å². The third-order valence-corrected chi connectivity index (χ3v) is 3.60. The number of furan rings is 1. The Labute approximate surface area is 134 Å². The molecule has 116 valence electrons. The highest BCUT2D eigenvalue weighted by Gasteiger charge is 2.13. The Morgan fingerprint density at radius 1 is 0.870 bits per heavy atom. The van der Waals surface area contributed by atoms with E-state index in [-0.39, 0.29) is 5.78 Å². The van der Waals surface area contributed by atoms with Gasteiger partial charge in [-0.2, -0.15) is 0 Å². The molecule has 0 aliphatic rings. The van der Waals surface area contributed by atoms with Crippen LogP contribution in [0.3, 0.4) is 0 Å². The zero-order valence-electron chi connectivity index (χ0n) is 12.9. The van der Waals surface area contributed by atoms with E-state index in [0.717, 1.165) is 11.3 Å². The van der Waals surface area contributed by atoms with Crippen LogP contribution in [0.5, 0.6) is 11.5 Å². The van der Waals surface area contributed by atoms with Gasteiger partial charge in [0, 0.05) is 16.7 Å². The van der Waals surface area contributed by atoms with Gasteiger partial charge in [0.05, 0.1) is 20.5 Å². The predicted molar refractivity (Wildman–Crippen MR) is 87.1 cm³/mol. The minimum Gasteiger partial charge on any atom is -0.493 e. The average Bonchev–Trinajstić information content (AvgIpc) is 3.15. The van der Waals surface area contributed by atoms with Gasteiger partial charge in [-0.05, 0) is 30.3 Å². The number of rotatable bonds is 5. The largest absolute Gasteiger partial charge is 0.493 e. The third kappa shape index (κ3) is 2.97. The van der Waals surface area contributed by atoms with Crippen molar-refractivity contribution in [2.45, 2.75) is 0 Å². The lowest BCUT2D eigenvalue weighted by Gasteiger charge is -2.09. The standard InChI is InChI=1S/C19H16O4/c1-21-17-10-9-15(12-18(17)22-2)19(20)14-7-5-13(6-8-14)16-4-3-11-23-16/h3-12H,1-2H3. The van der Waals surface area contributed by atoms with Crippen molar-refractivity contribution in [3.63, 3.8) is 0 Å². The molecule has 0 atom stereocenters. The van der Waals surface area contributed by atoms with Crippen molar-refractivity contribution in [2.24, 2.45) is 0 Å². The fourth-order valence-electron chi connectivity index (χ4n) is 2.37. The lowest BCUT2D eigenvalue weighted by Crippen LogP contribution is -2.02. The van der Waals surface area contributed by atoms with Crippen molar-refractivity contribution in [3.8, 4) is 22.8 Å². The monoisotopic (exact) mass is 308 g/mol. The van der Waals surface area contributed by atoms with Crippen molar-refractivity contribution in [1.82, 2.24) is 0 Å². The van der Waals surface area contributed by atoms with Gasteiger partial charge in [0.25, 0.3) is 0 Å². The first kappa shape index (κ1) is 14.9. The number of ether oxygens (including phenoxy) is 2. The summed E-state index contributed by atoms with van der Waals surface area (Å²) in [6.45, 7) is 0. The number of ketones is 1. The Balaban J connectivity index is 1.88. The molecule has 0 radical (unpaired) electrons. The van der Waals surface area contributed by atoms with Gasteiger partial charge in [0.15, 0.2) is 17.3 Å². The van der Waals surface area contributed by atoms with Gasteiger partial charge in [-0.1, -0.05) is 24.3 Å². The lowest BCUT2D eigenvalue weighted by molar-refractivity contribution is 0.103. The highest BCUT2D eigenvalue weighted by atomic mass is 16.5. The van der Waals surface area contributed by atoms with Crippen molar-refractivity contribution in [3.05, 3.63) is 72.0 Å². The lowest BCUT2D eigenvalue weighted by atomic mass is 10.0. The summed E-state index contributed by atoms with van der Waals surface area (Å²) in [4.78, 5) is 12.6. The molecule has 0 saturated heterocycles. The molecule has 0 unspecified atom stereocenters. The molecular formula is C19H16O4. The zero-order valence-corrected chi connectivity index (χ0v) is 12.9. The summed E-state index contributed by atoms with van der Waals surface area (Å²) >= 11 is 0. The summed E-state index contributed by atoms with van der Waals surface area (Å²) < 4.78 is 15.8. The quantitative estimate of drug-likeness (QED) is 0.663. The summed E-state index contributed by atoms with van der Waals surface area (Å²) in [6, 6.07) is 16.2. The average molecular weight is 308 g/mol. The number of carbonyl (C=O) groups excluding carboxylic acids is 1. The van der Waals surface area contributed by atoms with Crippen molar-refractivity contribution < 1.29 is 18.7 Å². The van der Waals surface area contributed by atoms with Crippen LogP contribution < -0.4 is 9.47 Å². The summed E-state index contributed by atoms with van der Waals surface area (Å²) in [5.74, 6) is 1.83. The SMILES string of the molecule is COc1ccc(C(=O)c2ccc(-c3ccco3)cc2)cc1OC.